The first-order chi connectivity index (χ1) is 8.69. The SMILES string of the molecule is NCCc1nc(COc2ccc(F)cc2F)no1. The number of ether oxygens (including phenoxy) is 1. The summed E-state index contributed by atoms with van der Waals surface area (Å²) in [5, 5.41) is 3.63. The van der Waals surface area contributed by atoms with E-state index in [9.17, 15) is 8.78 Å². The van der Waals surface area contributed by atoms with Crippen molar-refractivity contribution in [3.8, 4) is 5.75 Å². The molecule has 5 nitrogen and oxygen atoms in total. The van der Waals surface area contributed by atoms with Crippen molar-refractivity contribution >= 4 is 0 Å². The lowest BCUT2D eigenvalue weighted by Crippen LogP contribution is -2.03. The van der Waals surface area contributed by atoms with Crippen LogP contribution in [0.4, 0.5) is 8.78 Å². The van der Waals surface area contributed by atoms with Crippen LogP contribution in [0, 0.1) is 11.6 Å². The predicted octanol–water partition coefficient (Wildman–Crippen LogP) is 1.43. The van der Waals surface area contributed by atoms with Crippen LogP contribution < -0.4 is 10.5 Å². The smallest absolute Gasteiger partial charge is 0.228 e. The lowest BCUT2D eigenvalue weighted by atomic mass is 10.3. The summed E-state index contributed by atoms with van der Waals surface area (Å²) in [5.74, 6) is -0.829. The van der Waals surface area contributed by atoms with E-state index in [1.54, 1.807) is 0 Å². The summed E-state index contributed by atoms with van der Waals surface area (Å²) in [6.07, 6.45) is 0.470. The molecule has 0 aliphatic rings. The van der Waals surface area contributed by atoms with Crippen LogP contribution in [-0.2, 0) is 13.0 Å². The summed E-state index contributed by atoms with van der Waals surface area (Å²) in [6, 6.07) is 3.05. The zero-order valence-corrected chi connectivity index (χ0v) is 9.40. The fraction of sp³-hybridized carbons (Fsp3) is 0.273. The van der Waals surface area contributed by atoms with Crippen molar-refractivity contribution in [3.63, 3.8) is 0 Å². The van der Waals surface area contributed by atoms with Gasteiger partial charge in [-0.05, 0) is 12.1 Å². The molecule has 0 unspecified atom stereocenters. The number of hydrogen-bond donors (Lipinski definition) is 1. The van der Waals surface area contributed by atoms with Crippen LogP contribution in [0.25, 0.3) is 0 Å². The van der Waals surface area contributed by atoms with E-state index >= 15 is 0 Å². The summed E-state index contributed by atoms with van der Waals surface area (Å²) in [6.45, 7) is 0.339. The van der Waals surface area contributed by atoms with Crippen LogP contribution in [0.5, 0.6) is 5.75 Å². The Balaban J connectivity index is 1.97. The molecule has 0 spiro atoms. The van der Waals surface area contributed by atoms with E-state index in [4.69, 9.17) is 15.0 Å². The minimum Gasteiger partial charge on any atom is -0.482 e. The topological polar surface area (TPSA) is 74.2 Å². The third-order valence-electron chi connectivity index (χ3n) is 2.12. The monoisotopic (exact) mass is 255 g/mol. The zero-order valence-electron chi connectivity index (χ0n) is 9.40. The average molecular weight is 255 g/mol. The van der Waals surface area contributed by atoms with Crippen molar-refractivity contribution in [2.24, 2.45) is 5.73 Å². The largest absolute Gasteiger partial charge is 0.482 e. The first kappa shape index (κ1) is 12.4. The molecule has 96 valence electrons. The molecule has 1 aromatic carbocycles. The second-order valence-electron chi connectivity index (χ2n) is 3.51. The number of aromatic nitrogens is 2. The van der Waals surface area contributed by atoms with Crippen molar-refractivity contribution in [1.29, 1.82) is 0 Å². The van der Waals surface area contributed by atoms with Gasteiger partial charge in [-0.25, -0.2) is 8.78 Å². The van der Waals surface area contributed by atoms with Crippen LogP contribution in [0.15, 0.2) is 22.7 Å². The highest BCUT2D eigenvalue weighted by Gasteiger charge is 2.09. The van der Waals surface area contributed by atoms with Crippen LogP contribution >= 0.6 is 0 Å². The van der Waals surface area contributed by atoms with Gasteiger partial charge in [-0.3, -0.25) is 0 Å². The summed E-state index contributed by atoms with van der Waals surface area (Å²) >= 11 is 0. The van der Waals surface area contributed by atoms with E-state index < -0.39 is 11.6 Å². The Morgan fingerprint density at radius 3 is 2.89 bits per heavy atom. The van der Waals surface area contributed by atoms with E-state index in [2.05, 4.69) is 10.1 Å². The lowest BCUT2D eigenvalue weighted by Gasteiger charge is -2.03. The molecule has 18 heavy (non-hydrogen) atoms. The van der Waals surface area contributed by atoms with E-state index in [0.29, 0.717) is 18.9 Å². The van der Waals surface area contributed by atoms with Gasteiger partial charge in [-0.15, -0.1) is 0 Å². The van der Waals surface area contributed by atoms with Crippen molar-refractivity contribution in [2.75, 3.05) is 6.54 Å². The maximum atomic E-state index is 13.2. The standard InChI is InChI=1S/C11H11F2N3O2/c12-7-1-2-9(8(13)5-7)17-6-10-15-11(3-4-14)18-16-10/h1-2,5H,3-4,6,14H2. The number of rotatable bonds is 5. The molecule has 0 fully saturated rings. The summed E-state index contributed by atoms with van der Waals surface area (Å²) in [5.41, 5.74) is 5.32. The highest BCUT2D eigenvalue weighted by Crippen LogP contribution is 2.18. The molecule has 0 atom stereocenters. The molecule has 7 heteroatoms. The fourth-order valence-electron chi connectivity index (χ4n) is 1.31. The third kappa shape index (κ3) is 3.01. The van der Waals surface area contributed by atoms with E-state index in [0.717, 1.165) is 12.1 Å². The van der Waals surface area contributed by atoms with Gasteiger partial charge in [0.25, 0.3) is 0 Å². The number of benzene rings is 1. The molecular formula is C11H11F2N3O2. The van der Waals surface area contributed by atoms with Crippen LogP contribution in [-0.4, -0.2) is 16.7 Å². The molecule has 0 aliphatic heterocycles. The molecule has 0 aliphatic carbocycles. The zero-order chi connectivity index (χ0) is 13.0. The van der Waals surface area contributed by atoms with Crippen LogP contribution in [0.1, 0.15) is 11.7 Å². The van der Waals surface area contributed by atoms with Crippen molar-refractivity contribution in [3.05, 3.63) is 41.5 Å². The second-order valence-corrected chi connectivity index (χ2v) is 3.51. The minimum absolute atomic E-state index is 0.0589. The van der Waals surface area contributed by atoms with Gasteiger partial charge in [0.15, 0.2) is 18.2 Å². The highest BCUT2D eigenvalue weighted by molar-refractivity contribution is 5.24. The Morgan fingerprint density at radius 2 is 2.17 bits per heavy atom. The number of nitrogens with two attached hydrogens (primary N) is 1. The van der Waals surface area contributed by atoms with Gasteiger partial charge in [0.2, 0.25) is 11.7 Å². The quantitative estimate of drug-likeness (QED) is 0.874. The highest BCUT2D eigenvalue weighted by atomic mass is 19.1. The van der Waals surface area contributed by atoms with Gasteiger partial charge in [0.05, 0.1) is 0 Å². The van der Waals surface area contributed by atoms with Crippen molar-refractivity contribution in [1.82, 2.24) is 10.1 Å². The first-order valence-corrected chi connectivity index (χ1v) is 5.28. The van der Waals surface area contributed by atoms with Gasteiger partial charge in [0.1, 0.15) is 5.82 Å². The molecule has 0 bridgehead atoms. The number of nitrogens with zero attached hydrogens (tertiary/aromatic N) is 2. The van der Waals surface area contributed by atoms with Gasteiger partial charge in [-0.2, -0.15) is 4.98 Å². The average Bonchev–Trinajstić information content (AvgIpc) is 2.76. The second kappa shape index (κ2) is 5.54. The summed E-state index contributed by atoms with van der Waals surface area (Å²) in [7, 11) is 0. The Hall–Kier alpha value is -2.02. The Labute approximate surface area is 102 Å². The Bertz CT molecular complexity index is 531. The maximum Gasteiger partial charge on any atom is 0.228 e. The number of hydrogen-bond acceptors (Lipinski definition) is 5. The van der Waals surface area contributed by atoms with Crippen LogP contribution in [0.2, 0.25) is 0 Å². The van der Waals surface area contributed by atoms with Gasteiger partial charge >= 0.3 is 0 Å². The molecule has 0 saturated carbocycles. The van der Waals surface area contributed by atoms with Gasteiger partial charge < -0.3 is 15.0 Å². The summed E-state index contributed by atoms with van der Waals surface area (Å²) < 4.78 is 35.9. The first-order valence-electron chi connectivity index (χ1n) is 5.28. The maximum absolute atomic E-state index is 13.2. The van der Waals surface area contributed by atoms with Gasteiger partial charge in [-0.1, -0.05) is 5.16 Å². The Kier molecular flexibility index (Phi) is 3.83. The predicted molar refractivity (Wildman–Crippen MR) is 57.7 cm³/mol. The molecular weight excluding hydrogens is 244 g/mol. The van der Waals surface area contributed by atoms with E-state index in [1.807, 2.05) is 0 Å². The molecule has 0 amide bonds. The van der Waals surface area contributed by atoms with Crippen LogP contribution in [0.3, 0.4) is 0 Å². The van der Waals surface area contributed by atoms with E-state index in [-0.39, 0.29) is 18.2 Å². The third-order valence-corrected chi connectivity index (χ3v) is 2.12. The molecule has 2 aromatic rings. The molecule has 1 aromatic heterocycles. The van der Waals surface area contributed by atoms with Crippen molar-refractivity contribution in [2.45, 2.75) is 13.0 Å². The normalized spacial score (nSPS) is 10.6. The minimum atomic E-state index is -0.777. The fourth-order valence-corrected chi connectivity index (χ4v) is 1.31. The lowest BCUT2D eigenvalue weighted by molar-refractivity contribution is 0.272. The van der Waals surface area contributed by atoms with Gasteiger partial charge in [0, 0.05) is 19.0 Å². The molecule has 2 rings (SSSR count). The van der Waals surface area contributed by atoms with Crippen molar-refractivity contribution < 1.29 is 18.0 Å². The Morgan fingerprint density at radius 1 is 1.33 bits per heavy atom. The molecule has 0 radical (unpaired) electrons. The molecule has 0 saturated heterocycles. The molecule has 1 heterocycles. The van der Waals surface area contributed by atoms with E-state index in [1.165, 1.54) is 6.07 Å². The summed E-state index contributed by atoms with van der Waals surface area (Å²) in [4.78, 5) is 3.98. The number of halogens is 2. The molecule has 2 N–H and O–H groups in total.